The highest BCUT2D eigenvalue weighted by atomic mass is 79.9. The summed E-state index contributed by atoms with van der Waals surface area (Å²) in [6.07, 6.45) is 3.08. The van der Waals surface area contributed by atoms with Gasteiger partial charge in [-0.1, -0.05) is 15.9 Å². The van der Waals surface area contributed by atoms with E-state index < -0.39 is 5.82 Å². The Morgan fingerprint density at radius 1 is 1.47 bits per heavy atom. The van der Waals surface area contributed by atoms with Crippen molar-refractivity contribution in [3.05, 3.63) is 34.1 Å². The summed E-state index contributed by atoms with van der Waals surface area (Å²) in [7, 11) is 0. The van der Waals surface area contributed by atoms with Gasteiger partial charge in [-0.25, -0.2) is 4.39 Å². The largest absolute Gasteiger partial charge is 0.346 e. The van der Waals surface area contributed by atoms with Crippen molar-refractivity contribution in [2.24, 2.45) is 0 Å². The first-order chi connectivity index (χ1) is 8.06. The highest BCUT2D eigenvalue weighted by Crippen LogP contribution is 2.33. The standard InChI is InChI=1S/C12H12Br2FNO/c13-7-12(4-1-5-12)16-11(17)8-2-3-9(14)10(15)6-8/h2-3,6H,1,4-5,7H2,(H,16,17). The molecule has 0 saturated heterocycles. The molecule has 2 rings (SSSR count). The van der Waals surface area contributed by atoms with Gasteiger partial charge in [0.25, 0.3) is 5.91 Å². The van der Waals surface area contributed by atoms with Crippen LogP contribution in [0.2, 0.25) is 0 Å². The highest BCUT2D eigenvalue weighted by molar-refractivity contribution is 9.10. The van der Waals surface area contributed by atoms with Gasteiger partial charge in [0.1, 0.15) is 5.82 Å². The molecule has 1 aliphatic rings. The van der Waals surface area contributed by atoms with Crippen LogP contribution < -0.4 is 5.32 Å². The first kappa shape index (κ1) is 13.0. The fraction of sp³-hybridized carbons (Fsp3) is 0.417. The molecule has 0 aliphatic heterocycles. The van der Waals surface area contributed by atoms with E-state index in [4.69, 9.17) is 0 Å². The predicted molar refractivity (Wildman–Crippen MR) is 71.9 cm³/mol. The molecule has 0 radical (unpaired) electrons. The second-order valence-electron chi connectivity index (χ2n) is 4.35. The summed E-state index contributed by atoms with van der Waals surface area (Å²) in [5.41, 5.74) is 0.221. The third-order valence-electron chi connectivity index (χ3n) is 3.13. The topological polar surface area (TPSA) is 29.1 Å². The quantitative estimate of drug-likeness (QED) is 0.815. The van der Waals surface area contributed by atoms with Crippen LogP contribution in [-0.4, -0.2) is 16.8 Å². The summed E-state index contributed by atoms with van der Waals surface area (Å²) in [6.45, 7) is 0. The zero-order valence-electron chi connectivity index (χ0n) is 9.10. The fourth-order valence-electron chi connectivity index (χ4n) is 1.85. The van der Waals surface area contributed by atoms with Crippen molar-refractivity contribution >= 4 is 37.8 Å². The summed E-state index contributed by atoms with van der Waals surface area (Å²) in [6, 6.07) is 4.41. The summed E-state index contributed by atoms with van der Waals surface area (Å²) in [5, 5.41) is 3.72. The number of hydrogen-bond donors (Lipinski definition) is 1. The Labute approximate surface area is 116 Å². The van der Waals surface area contributed by atoms with Crippen molar-refractivity contribution in [1.29, 1.82) is 0 Å². The number of amides is 1. The molecular weight excluding hydrogens is 353 g/mol. The molecule has 1 aliphatic carbocycles. The van der Waals surface area contributed by atoms with Crippen LogP contribution in [0.4, 0.5) is 4.39 Å². The van der Waals surface area contributed by atoms with Crippen molar-refractivity contribution in [3.8, 4) is 0 Å². The lowest BCUT2D eigenvalue weighted by molar-refractivity contribution is 0.0856. The molecule has 92 valence electrons. The first-order valence-corrected chi connectivity index (χ1v) is 7.31. The number of carbonyl (C=O) groups is 1. The Kier molecular flexibility index (Phi) is 3.88. The van der Waals surface area contributed by atoms with Crippen LogP contribution in [0, 0.1) is 5.82 Å². The van der Waals surface area contributed by atoms with E-state index in [0.29, 0.717) is 10.0 Å². The molecule has 1 fully saturated rings. The van der Waals surface area contributed by atoms with Gasteiger partial charge in [-0.15, -0.1) is 0 Å². The monoisotopic (exact) mass is 363 g/mol. The Hall–Kier alpha value is -0.420. The number of carbonyl (C=O) groups excluding carboxylic acids is 1. The van der Waals surface area contributed by atoms with Crippen LogP contribution in [0.5, 0.6) is 0 Å². The van der Waals surface area contributed by atoms with Gasteiger partial charge in [-0.3, -0.25) is 4.79 Å². The molecule has 0 bridgehead atoms. The second-order valence-corrected chi connectivity index (χ2v) is 5.77. The van der Waals surface area contributed by atoms with Crippen LogP contribution in [0.15, 0.2) is 22.7 Å². The molecule has 1 amide bonds. The van der Waals surface area contributed by atoms with Crippen LogP contribution in [0.25, 0.3) is 0 Å². The summed E-state index contributed by atoms with van der Waals surface area (Å²) in [4.78, 5) is 12.0. The van der Waals surface area contributed by atoms with Crippen molar-refractivity contribution in [3.63, 3.8) is 0 Å². The zero-order valence-corrected chi connectivity index (χ0v) is 12.3. The minimum absolute atomic E-state index is 0.138. The van der Waals surface area contributed by atoms with Gasteiger partial charge < -0.3 is 5.32 Å². The van der Waals surface area contributed by atoms with Gasteiger partial charge >= 0.3 is 0 Å². The van der Waals surface area contributed by atoms with Crippen molar-refractivity contribution in [2.45, 2.75) is 24.8 Å². The molecule has 5 heteroatoms. The van der Waals surface area contributed by atoms with Gasteiger partial charge in [-0.2, -0.15) is 0 Å². The van der Waals surface area contributed by atoms with E-state index in [1.54, 1.807) is 12.1 Å². The minimum atomic E-state index is -0.417. The van der Waals surface area contributed by atoms with Gasteiger partial charge in [0.05, 0.1) is 10.0 Å². The summed E-state index contributed by atoms with van der Waals surface area (Å²) < 4.78 is 13.7. The SMILES string of the molecule is O=C(NC1(CBr)CCC1)c1ccc(Br)c(F)c1. The molecule has 1 saturated carbocycles. The van der Waals surface area contributed by atoms with E-state index in [-0.39, 0.29) is 11.4 Å². The number of nitrogens with one attached hydrogen (secondary N) is 1. The normalized spacial score (nSPS) is 17.4. The number of halogens is 3. The smallest absolute Gasteiger partial charge is 0.251 e. The summed E-state index contributed by atoms with van der Waals surface area (Å²) >= 11 is 6.48. The van der Waals surface area contributed by atoms with E-state index in [1.165, 1.54) is 6.07 Å². The van der Waals surface area contributed by atoms with Crippen molar-refractivity contribution in [1.82, 2.24) is 5.32 Å². The third-order valence-corrected chi connectivity index (χ3v) is 4.84. The molecule has 0 spiro atoms. The average Bonchev–Trinajstić information content (AvgIpc) is 2.27. The molecule has 0 heterocycles. The number of rotatable bonds is 3. The summed E-state index contributed by atoms with van der Waals surface area (Å²) in [5.74, 6) is -0.630. The van der Waals surface area contributed by atoms with Crippen molar-refractivity contribution in [2.75, 3.05) is 5.33 Å². The first-order valence-electron chi connectivity index (χ1n) is 5.40. The minimum Gasteiger partial charge on any atom is -0.346 e. The molecule has 1 aromatic rings. The molecule has 0 unspecified atom stereocenters. The molecule has 1 N–H and O–H groups in total. The van der Waals surface area contributed by atoms with E-state index in [9.17, 15) is 9.18 Å². The van der Waals surface area contributed by atoms with Crippen LogP contribution in [0.1, 0.15) is 29.6 Å². The fourth-order valence-corrected chi connectivity index (χ4v) is 2.79. The van der Waals surface area contributed by atoms with Crippen LogP contribution in [0.3, 0.4) is 0 Å². The van der Waals surface area contributed by atoms with E-state index in [1.807, 2.05) is 0 Å². The maximum atomic E-state index is 13.3. The van der Waals surface area contributed by atoms with Crippen molar-refractivity contribution < 1.29 is 9.18 Å². The average molecular weight is 365 g/mol. The van der Waals surface area contributed by atoms with Crippen LogP contribution >= 0.6 is 31.9 Å². The van der Waals surface area contributed by atoms with E-state index in [0.717, 1.165) is 24.6 Å². The van der Waals surface area contributed by atoms with E-state index >= 15 is 0 Å². The lowest BCUT2D eigenvalue weighted by Gasteiger charge is -2.41. The second kappa shape index (κ2) is 5.06. The maximum absolute atomic E-state index is 13.3. The Morgan fingerprint density at radius 3 is 2.65 bits per heavy atom. The Balaban J connectivity index is 2.11. The maximum Gasteiger partial charge on any atom is 0.251 e. The van der Waals surface area contributed by atoms with Gasteiger partial charge in [-0.05, 0) is 53.4 Å². The number of benzene rings is 1. The predicted octanol–water partition coefficient (Wildman–Crippen LogP) is 3.64. The zero-order chi connectivity index (χ0) is 12.5. The van der Waals surface area contributed by atoms with Crippen LogP contribution in [-0.2, 0) is 0 Å². The number of hydrogen-bond acceptors (Lipinski definition) is 1. The Morgan fingerprint density at radius 2 is 2.18 bits per heavy atom. The molecular formula is C12H12Br2FNO. The number of alkyl halides is 1. The lowest BCUT2D eigenvalue weighted by atomic mass is 9.78. The van der Waals surface area contributed by atoms with Gasteiger partial charge in [0, 0.05) is 10.9 Å². The molecule has 1 aromatic carbocycles. The molecule has 0 aromatic heterocycles. The molecule has 17 heavy (non-hydrogen) atoms. The molecule has 0 atom stereocenters. The molecule has 2 nitrogen and oxygen atoms in total. The Bertz CT molecular complexity index is 441. The third kappa shape index (κ3) is 2.71. The lowest BCUT2D eigenvalue weighted by Crippen LogP contribution is -2.54. The van der Waals surface area contributed by atoms with Gasteiger partial charge in [0.2, 0.25) is 0 Å². The van der Waals surface area contributed by atoms with Gasteiger partial charge in [0.15, 0.2) is 0 Å². The highest BCUT2D eigenvalue weighted by Gasteiger charge is 2.37. The van der Waals surface area contributed by atoms with E-state index in [2.05, 4.69) is 37.2 Å².